The molecule has 2 atom stereocenters. The third kappa shape index (κ3) is 5.42. The number of rotatable bonds is 8. The van der Waals surface area contributed by atoms with Crippen LogP contribution in [0.25, 0.3) is 0 Å². The number of hydrogen-bond donors (Lipinski definition) is 1. The van der Waals surface area contributed by atoms with Crippen molar-refractivity contribution in [2.75, 3.05) is 13.2 Å². The molecule has 0 fully saturated rings. The largest absolute Gasteiger partial charge is 0.490 e. The third-order valence-corrected chi connectivity index (χ3v) is 7.37. The topological polar surface area (TPSA) is 64.6 Å². The predicted octanol–water partition coefficient (Wildman–Crippen LogP) is 6.23. The Kier molecular flexibility index (Phi) is 7.73. The molecule has 0 spiro atoms. The molecule has 2 unspecified atom stereocenters. The van der Waals surface area contributed by atoms with Gasteiger partial charge in [0.05, 0.1) is 5.57 Å². The van der Waals surface area contributed by atoms with Gasteiger partial charge in [-0.2, -0.15) is 0 Å². The molecule has 5 heteroatoms. The maximum absolute atomic E-state index is 13.7. The summed E-state index contributed by atoms with van der Waals surface area (Å²) in [5.41, 5.74) is 6.08. The molecule has 3 aromatic carbocycles. The zero-order chi connectivity index (χ0) is 26.5. The molecule has 1 N–H and O–H groups in total. The van der Waals surface area contributed by atoms with Crippen molar-refractivity contribution in [3.05, 3.63) is 124 Å². The van der Waals surface area contributed by atoms with Crippen LogP contribution in [0.2, 0.25) is 0 Å². The monoisotopic (exact) mass is 507 g/mol. The summed E-state index contributed by atoms with van der Waals surface area (Å²) in [6, 6.07) is 27.8. The molecule has 1 aliphatic carbocycles. The van der Waals surface area contributed by atoms with E-state index < -0.39 is 11.9 Å². The van der Waals surface area contributed by atoms with Crippen LogP contribution in [0, 0.1) is 0 Å². The van der Waals surface area contributed by atoms with Gasteiger partial charge in [0.15, 0.2) is 5.78 Å². The van der Waals surface area contributed by atoms with Gasteiger partial charge in [-0.1, -0.05) is 79.7 Å². The maximum Gasteiger partial charge on any atom is 0.336 e. The normalized spacial score (nSPS) is 19.1. The smallest absolute Gasteiger partial charge is 0.336 e. The Bertz CT molecular complexity index is 1360. The zero-order valence-electron chi connectivity index (χ0n) is 21.9. The molecule has 0 amide bonds. The van der Waals surface area contributed by atoms with Gasteiger partial charge < -0.3 is 14.8 Å². The van der Waals surface area contributed by atoms with Crippen LogP contribution in [0.4, 0.5) is 0 Å². The standard InChI is InChI=1S/C33H33NO4/c1-3-23-14-16-25(17-15-23)31-30(33(36)38-19-18-37-27-12-8-5-9-13-27)22(2)34-28-20-26(21-29(35)32(28)31)24-10-6-4-7-11-24/h4-17,26,31,34H,3,18-21H2,1-2H3. The van der Waals surface area contributed by atoms with Gasteiger partial charge in [0, 0.05) is 29.3 Å². The van der Waals surface area contributed by atoms with Crippen LogP contribution in [-0.2, 0) is 20.7 Å². The lowest BCUT2D eigenvalue weighted by Gasteiger charge is -2.36. The highest BCUT2D eigenvalue weighted by Gasteiger charge is 2.41. The van der Waals surface area contributed by atoms with Crippen molar-refractivity contribution >= 4 is 11.8 Å². The number of carbonyl (C=O) groups excluding carboxylic acids is 2. The first-order valence-corrected chi connectivity index (χ1v) is 13.3. The molecule has 194 valence electrons. The van der Waals surface area contributed by atoms with E-state index in [1.807, 2.05) is 67.6 Å². The molecule has 0 aromatic heterocycles. The summed E-state index contributed by atoms with van der Waals surface area (Å²) in [5.74, 6) is 0.00399. The first-order valence-electron chi connectivity index (χ1n) is 13.3. The van der Waals surface area contributed by atoms with Crippen molar-refractivity contribution < 1.29 is 19.1 Å². The lowest BCUT2D eigenvalue weighted by molar-refractivity contribution is -0.140. The van der Waals surface area contributed by atoms with Crippen LogP contribution in [0.5, 0.6) is 5.75 Å². The van der Waals surface area contributed by atoms with Gasteiger partial charge in [-0.15, -0.1) is 0 Å². The van der Waals surface area contributed by atoms with Crippen molar-refractivity contribution in [3.63, 3.8) is 0 Å². The number of nitrogens with one attached hydrogen (secondary N) is 1. The second-order valence-electron chi connectivity index (χ2n) is 9.82. The summed E-state index contributed by atoms with van der Waals surface area (Å²) < 4.78 is 11.4. The molecule has 5 rings (SSSR count). The summed E-state index contributed by atoms with van der Waals surface area (Å²) in [5, 5.41) is 3.42. The summed E-state index contributed by atoms with van der Waals surface area (Å²) in [4.78, 5) is 27.2. The van der Waals surface area contributed by atoms with Gasteiger partial charge in [-0.3, -0.25) is 4.79 Å². The molecule has 0 radical (unpaired) electrons. The van der Waals surface area contributed by atoms with E-state index in [-0.39, 0.29) is 24.9 Å². The minimum Gasteiger partial charge on any atom is -0.490 e. The number of dihydropyridines is 1. The van der Waals surface area contributed by atoms with E-state index in [0.29, 0.717) is 17.6 Å². The number of ether oxygens (including phenoxy) is 2. The van der Waals surface area contributed by atoms with Gasteiger partial charge >= 0.3 is 5.97 Å². The molecular formula is C33H33NO4. The molecule has 38 heavy (non-hydrogen) atoms. The Balaban J connectivity index is 1.42. The Hall–Kier alpha value is -4.12. The van der Waals surface area contributed by atoms with E-state index in [2.05, 4.69) is 36.5 Å². The summed E-state index contributed by atoms with van der Waals surface area (Å²) in [6.45, 7) is 4.36. The Morgan fingerprint density at radius 3 is 2.24 bits per heavy atom. The number of para-hydroxylation sites is 1. The van der Waals surface area contributed by atoms with Gasteiger partial charge in [-0.05, 0) is 54.5 Å². The van der Waals surface area contributed by atoms with E-state index >= 15 is 0 Å². The quantitative estimate of drug-likeness (QED) is 0.289. The highest BCUT2D eigenvalue weighted by Crippen LogP contribution is 2.45. The lowest BCUT2D eigenvalue weighted by Crippen LogP contribution is -2.36. The third-order valence-electron chi connectivity index (χ3n) is 7.37. The number of benzene rings is 3. The Morgan fingerprint density at radius 2 is 1.55 bits per heavy atom. The number of hydrogen-bond acceptors (Lipinski definition) is 5. The number of ketones is 1. The number of allylic oxidation sites excluding steroid dienone is 3. The molecular weight excluding hydrogens is 474 g/mol. The second-order valence-corrected chi connectivity index (χ2v) is 9.82. The molecule has 2 aliphatic rings. The van der Waals surface area contributed by atoms with Crippen LogP contribution in [0.15, 0.2) is 107 Å². The Labute approximate surface area is 224 Å². The minimum absolute atomic E-state index is 0.0717. The van der Waals surface area contributed by atoms with Crippen LogP contribution in [0.3, 0.4) is 0 Å². The average Bonchev–Trinajstić information content (AvgIpc) is 2.95. The fourth-order valence-corrected chi connectivity index (χ4v) is 5.44. The zero-order valence-corrected chi connectivity index (χ0v) is 21.9. The van der Waals surface area contributed by atoms with Gasteiger partial charge in [0.2, 0.25) is 0 Å². The number of aryl methyl sites for hydroxylation is 1. The average molecular weight is 508 g/mol. The highest BCUT2D eigenvalue weighted by molar-refractivity contribution is 6.04. The van der Waals surface area contributed by atoms with Crippen molar-refractivity contribution in [2.24, 2.45) is 0 Å². The van der Waals surface area contributed by atoms with Crippen molar-refractivity contribution in [1.82, 2.24) is 5.32 Å². The van der Waals surface area contributed by atoms with Crippen LogP contribution in [0.1, 0.15) is 55.2 Å². The fourth-order valence-electron chi connectivity index (χ4n) is 5.44. The highest BCUT2D eigenvalue weighted by atomic mass is 16.6. The molecule has 0 bridgehead atoms. The first kappa shape index (κ1) is 25.5. The Morgan fingerprint density at radius 1 is 0.868 bits per heavy atom. The molecule has 5 nitrogen and oxygen atoms in total. The number of Topliss-reactive ketones (excluding diaryl/α,β-unsaturated/α-hetero) is 1. The van der Waals surface area contributed by atoms with E-state index in [4.69, 9.17) is 9.47 Å². The van der Waals surface area contributed by atoms with E-state index in [1.54, 1.807) is 0 Å². The summed E-state index contributed by atoms with van der Waals surface area (Å²) in [7, 11) is 0. The van der Waals surface area contributed by atoms with Crippen LogP contribution >= 0.6 is 0 Å². The van der Waals surface area contributed by atoms with Crippen molar-refractivity contribution in [1.29, 1.82) is 0 Å². The maximum atomic E-state index is 13.7. The van der Waals surface area contributed by atoms with Crippen LogP contribution < -0.4 is 10.1 Å². The fraction of sp³-hybridized carbons (Fsp3) is 0.273. The van der Waals surface area contributed by atoms with Crippen molar-refractivity contribution in [3.8, 4) is 5.75 Å². The van der Waals surface area contributed by atoms with Crippen molar-refractivity contribution in [2.45, 2.75) is 44.9 Å². The first-order chi connectivity index (χ1) is 18.5. The molecule has 0 saturated carbocycles. The van der Waals surface area contributed by atoms with E-state index in [0.717, 1.165) is 41.1 Å². The molecule has 3 aromatic rings. The van der Waals surface area contributed by atoms with Crippen LogP contribution in [-0.4, -0.2) is 25.0 Å². The SMILES string of the molecule is CCc1ccc(C2C(C(=O)OCCOc3ccccc3)=C(C)NC3=C2C(=O)CC(c2ccccc2)C3)cc1. The van der Waals surface area contributed by atoms with E-state index in [1.165, 1.54) is 5.56 Å². The van der Waals surface area contributed by atoms with E-state index in [9.17, 15) is 9.59 Å². The molecule has 0 saturated heterocycles. The summed E-state index contributed by atoms with van der Waals surface area (Å²) >= 11 is 0. The van der Waals surface area contributed by atoms with Gasteiger partial charge in [-0.25, -0.2) is 4.79 Å². The molecule has 1 heterocycles. The number of esters is 1. The predicted molar refractivity (Wildman–Crippen MR) is 148 cm³/mol. The van der Waals surface area contributed by atoms with Gasteiger partial charge in [0.25, 0.3) is 0 Å². The van der Waals surface area contributed by atoms with Gasteiger partial charge in [0.1, 0.15) is 19.0 Å². The minimum atomic E-state index is -0.469. The number of carbonyl (C=O) groups is 2. The second kappa shape index (κ2) is 11.5. The lowest BCUT2D eigenvalue weighted by atomic mass is 9.71. The summed E-state index contributed by atoms with van der Waals surface area (Å²) in [6.07, 6.45) is 2.06. The molecule has 1 aliphatic heterocycles.